The maximum Gasteiger partial charge on any atom is 0.361 e. The van der Waals surface area contributed by atoms with Crippen LogP contribution in [0, 0.1) is 0 Å². The normalized spacial score (nSPS) is 13.0. The van der Waals surface area contributed by atoms with E-state index in [0.717, 1.165) is 64.2 Å². The Morgan fingerprint density at radius 3 is 0.989 bits per heavy atom. The Labute approximate surface area is 539 Å². The van der Waals surface area contributed by atoms with Gasteiger partial charge in [-0.2, -0.15) is 0 Å². The van der Waals surface area contributed by atoms with Crippen LogP contribution >= 0.6 is 0 Å². The zero-order valence-electron chi connectivity index (χ0n) is 58.2. The molecule has 0 bridgehead atoms. The summed E-state index contributed by atoms with van der Waals surface area (Å²) in [5, 5.41) is 9.76. The SMILES string of the molecule is CC/C=C\C/C=C\C/C=C\C/C=C\CCCCCCCCCCCCCCCCCCCCCCCCC(=O)OC(COC(=O)CCCCCCCCCCCCCCCCC/C=C\CCCCCCCCCC)COC(OCC[N+](C)(C)C)C(=O)O. The van der Waals surface area contributed by atoms with Crippen LogP contribution in [0.2, 0.25) is 0 Å². The fourth-order valence-corrected chi connectivity index (χ4v) is 11.1. The van der Waals surface area contributed by atoms with E-state index in [1.54, 1.807) is 0 Å². The smallest absolute Gasteiger partial charge is 0.361 e. The topological polar surface area (TPSA) is 108 Å². The summed E-state index contributed by atoms with van der Waals surface area (Å²) in [6.07, 6.45) is 87.9. The van der Waals surface area contributed by atoms with Crippen LogP contribution in [0.25, 0.3) is 0 Å². The molecule has 0 saturated heterocycles. The number of unbranched alkanes of at least 4 members (excludes halogenated alkanes) is 45. The van der Waals surface area contributed by atoms with Crippen LogP contribution in [-0.4, -0.2) is 87.4 Å². The molecule has 0 rings (SSSR count). The first kappa shape index (κ1) is 84.0. The third kappa shape index (κ3) is 70.3. The third-order valence-corrected chi connectivity index (χ3v) is 16.8. The largest absolute Gasteiger partial charge is 0.477 e. The Kier molecular flexibility index (Phi) is 66.5. The third-order valence-electron chi connectivity index (χ3n) is 16.8. The lowest BCUT2D eigenvalue weighted by Crippen LogP contribution is -2.40. The molecule has 9 heteroatoms. The number of rotatable bonds is 70. The van der Waals surface area contributed by atoms with Gasteiger partial charge in [0.15, 0.2) is 6.10 Å². The molecule has 0 spiro atoms. The average molecular weight is 1220 g/mol. The van der Waals surface area contributed by atoms with E-state index < -0.39 is 18.4 Å². The number of allylic oxidation sites excluding steroid dienone is 10. The number of hydrogen-bond donors (Lipinski definition) is 1. The van der Waals surface area contributed by atoms with Gasteiger partial charge in [-0.3, -0.25) is 9.59 Å². The van der Waals surface area contributed by atoms with Crippen molar-refractivity contribution in [2.45, 2.75) is 373 Å². The second kappa shape index (κ2) is 68.9. The molecule has 9 nitrogen and oxygen atoms in total. The van der Waals surface area contributed by atoms with E-state index in [0.29, 0.717) is 17.4 Å². The summed E-state index contributed by atoms with van der Waals surface area (Å²) in [4.78, 5) is 37.7. The molecule has 0 amide bonds. The molecule has 508 valence electrons. The van der Waals surface area contributed by atoms with E-state index in [1.807, 2.05) is 21.1 Å². The number of carboxylic acid groups (broad SMARTS) is 1. The predicted molar refractivity (Wildman–Crippen MR) is 373 cm³/mol. The number of quaternary nitrogens is 1. The van der Waals surface area contributed by atoms with E-state index >= 15 is 0 Å². The van der Waals surface area contributed by atoms with Crippen molar-refractivity contribution in [1.29, 1.82) is 0 Å². The minimum Gasteiger partial charge on any atom is -0.477 e. The van der Waals surface area contributed by atoms with E-state index in [2.05, 4.69) is 74.6 Å². The number of carboxylic acids is 1. The number of ether oxygens (including phenoxy) is 4. The summed E-state index contributed by atoms with van der Waals surface area (Å²) < 4.78 is 23.0. The van der Waals surface area contributed by atoms with Gasteiger partial charge >= 0.3 is 17.9 Å². The zero-order valence-corrected chi connectivity index (χ0v) is 58.2. The Hall–Kier alpha value is -3.01. The van der Waals surface area contributed by atoms with Crippen molar-refractivity contribution in [2.75, 3.05) is 47.5 Å². The molecule has 2 unspecified atom stereocenters. The fraction of sp³-hybridized carbons (Fsp3) is 0.833. The summed E-state index contributed by atoms with van der Waals surface area (Å²) in [6, 6.07) is 0. The molecule has 0 aromatic carbocycles. The summed E-state index contributed by atoms with van der Waals surface area (Å²) >= 11 is 0. The monoisotopic (exact) mass is 1220 g/mol. The van der Waals surface area contributed by atoms with Crippen molar-refractivity contribution in [1.82, 2.24) is 0 Å². The van der Waals surface area contributed by atoms with Gasteiger partial charge < -0.3 is 28.5 Å². The van der Waals surface area contributed by atoms with Crippen LogP contribution in [0.15, 0.2) is 60.8 Å². The number of aliphatic carboxylic acids is 1. The quantitative estimate of drug-likeness (QED) is 0.0211. The van der Waals surface area contributed by atoms with Crippen molar-refractivity contribution >= 4 is 17.9 Å². The Morgan fingerprint density at radius 2 is 0.655 bits per heavy atom. The molecule has 0 saturated carbocycles. The van der Waals surface area contributed by atoms with Gasteiger partial charge in [0.05, 0.1) is 34.4 Å². The van der Waals surface area contributed by atoms with Crippen LogP contribution in [-0.2, 0) is 33.3 Å². The van der Waals surface area contributed by atoms with Crippen LogP contribution in [0.1, 0.15) is 361 Å². The highest BCUT2D eigenvalue weighted by molar-refractivity contribution is 5.71. The number of carbonyl (C=O) groups is 3. The van der Waals surface area contributed by atoms with E-state index in [-0.39, 0.29) is 38.2 Å². The lowest BCUT2D eigenvalue weighted by molar-refractivity contribution is -0.870. The Bertz CT molecular complexity index is 1610. The van der Waals surface area contributed by atoms with Crippen LogP contribution in [0.5, 0.6) is 0 Å². The minimum absolute atomic E-state index is 0.177. The van der Waals surface area contributed by atoms with Crippen molar-refractivity contribution in [3.8, 4) is 0 Å². The van der Waals surface area contributed by atoms with Crippen LogP contribution in [0.3, 0.4) is 0 Å². The molecule has 1 N–H and O–H groups in total. The second-order valence-electron chi connectivity index (χ2n) is 26.6. The first-order valence-corrected chi connectivity index (χ1v) is 37.5. The first-order chi connectivity index (χ1) is 42.6. The van der Waals surface area contributed by atoms with Crippen molar-refractivity contribution in [2.24, 2.45) is 0 Å². The molecule has 0 fully saturated rings. The summed E-state index contributed by atoms with van der Waals surface area (Å²) in [5.41, 5.74) is 0. The van der Waals surface area contributed by atoms with E-state index in [9.17, 15) is 19.5 Å². The molecule has 0 aromatic heterocycles. The van der Waals surface area contributed by atoms with Gasteiger partial charge in [0.2, 0.25) is 0 Å². The molecule has 0 heterocycles. The molecular weight excluding hydrogens is 1080 g/mol. The summed E-state index contributed by atoms with van der Waals surface area (Å²) in [7, 11) is 5.99. The fourth-order valence-electron chi connectivity index (χ4n) is 11.1. The number of nitrogens with zero attached hydrogens (tertiary/aromatic N) is 1. The highest BCUT2D eigenvalue weighted by Gasteiger charge is 2.25. The lowest BCUT2D eigenvalue weighted by atomic mass is 10.0. The van der Waals surface area contributed by atoms with Gasteiger partial charge in [-0.1, -0.05) is 331 Å². The van der Waals surface area contributed by atoms with Gasteiger partial charge in [-0.05, 0) is 77.0 Å². The van der Waals surface area contributed by atoms with Crippen LogP contribution in [0.4, 0.5) is 0 Å². The number of esters is 2. The average Bonchev–Trinajstić information content (AvgIpc) is 3.56. The Balaban J connectivity index is 4.02. The molecule has 2 atom stereocenters. The summed E-state index contributed by atoms with van der Waals surface area (Å²) in [6.45, 7) is 4.83. The Morgan fingerprint density at radius 1 is 0.356 bits per heavy atom. The number of hydrogen-bond acceptors (Lipinski definition) is 7. The molecule has 0 aliphatic heterocycles. The van der Waals surface area contributed by atoms with Gasteiger partial charge in [0.25, 0.3) is 6.29 Å². The summed E-state index contributed by atoms with van der Waals surface area (Å²) in [5.74, 6) is -1.98. The van der Waals surface area contributed by atoms with Gasteiger partial charge in [-0.15, -0.1) is 0 Å². The van der Waals surface area contributed by atoms with Gasteiger partial charge in [-0.25, -0.2) is 4.79 Å². The molecule has 0 aliphatic rings. The molecular formula is C78H144NO8+. The maximum absolute atomic E-state index is 13.0. The molecule has 0 radical (unpaired) electrons. The van der Waals surface area contributed by atoms with E-state index in [1.165, 1.54) is 270 Å². The maximum atomic E-state index is 13.0. The van der Waals surface area contributed by atoms with Gasteiger partial charge in [0, 0.05) is 12.8 Å². The molecule has 0 aliphatic carbocycles. The first-order valence-electron chi connectivity index (χ1n) is 37.5. The highest BCUT2D eigenvalue weighted by Crippen LogP contribution is 2.19. The number of likely N-dealkylation sites (N-methyl/N-ethyl adjacent to an activating group) is 1. The second-order valence-corrected chi connectivity index (χ2v) is 26.6. The highest BCUT2D eigenvalue weighted by atomic mass is 16.7. The van der Waals surface area contributed by atoms with Crippen molar-refractivity contribution in [3.05, 3.63) is 60.8 Å². The molecule has 87 heavy (non-hydrogen) atoms. The van der Waals surface area contributed by atoms with E-state index in [4.69, 9.17) is 18.9 Å². The predicted octanol–water partition coefficient (Wildman–Crippen LogP) is 23.5. The molecule has 0 aromatic rings. The standard InChI is InChI=1S/C78H143NO8/c1-6-8-10-12-14-16-18-20-22-24-26-28-30-32-34-35-36-37-38-39-40-41-43-45-47-49-51-53-55-57-59-61-63-65-67-69-76(81)87-74(73-86-78(77(82)83)84-71-70-79(3,4)5)72-85-75(80)68-66-64-62-60-58-56-54-52-50-48-46-44-42-33-31-29-27-25-23-21-19-17-15-13-11-9-7-2/h8,10,14,16,20,22,25-28,74,78H,6-7,9,11-13,15,17-19,21,23-24,29-73H2,1-5H3/p+1/b10-8-,16-14-,22-20-,27-25-,28-26-. The van der Waals surface area contributed by atoms with Gasteiger partial charge in [0.1, 0.15) is 13.2 Å². The number of carbonyl (C=O) groups excluding carboxylic acids is 2. The van der Waals surface area contributed by atoms with Crippen LogP contribution < -0.4 is 0 Å². The van der Waals surface area contributed by atoms with Crippen molar-refractivity contribution in [3.63, 3.8) is 0 Å². The zero-order chi connectivity index (χ0) is 63.3. The lowest BCUT2D eigenvalue weighted by Gasteiger charge is -2.25. The van der Waals surface area contributed by atoms with Crippen molar-refractivity contribution < 1.29 is 42.9 Å². The minimum atomic E-state index is -1.51.